The Balaban J connectivity index is 1.50. The van der Waals surface area contributed by atoms with Gasteiger partial charge in [-0.25, -0.2) is 4.98 Å². The third kappa shape index (κ3) is 1.94. The maximum atomic E-state index is 12.4. The van der Waals surface area contributed by atoms with Gasteiger partial charge in [-0.15, -0.1) is 0 Å². The van der Waals surface area contributed by atoms with Gasteiger partial charge in [-0.05, 0) is 55.1 Å². The molecular formula is C16H20N2O3. The van der Waals surface area contributed by atoms with E-state index in [-0.39, 0.29) is 23.4 Å². The minimum atomic E-state index is -0.260. The molecule has 1 saturated heterocycles. The van der Waals surface area contributed by atoms with Crippen molar-refractivity contribution in [1.29, 1.82) is 0 Å². The molecule has 2 N–H and O–H groups in total. The second kappa shape index (κ2) is 4.70. The van der Waals surface area contributed by atoms with Crippen LogP contribution < -0.4 is 5.32 Å². The Morgan fingerprint density at radius 3 is 3.00 bits per heavy atom. The summed E-state index contributed by atoms with van der Waals surface area (Å²) in [6.45, 7) is 3.50. The van der Waals surface area contributed by atoms with Crippen molar-refractivity contribution in [1.82, 2.24) is 10.3 Å². The number of amides is 1. The van der Waals surface area contributed by atoms with Crippen LogP contribution in [0.1, 0.15) is 28.9 Å². The van der Waals surface area contributed by atoms with Crippen molar-refractivity contribution >= 4 is 5.91 Å². The third-order valence-corrected chi connectivity index (χ3v) is 5.63. The molecule has 1 aliphatic heterocycles. The SMILES string of the molecule is Cc1ccnc(C(=O)N[C@@H]2CC3CC2[C@H]2COC[C@@H]32)c1O. The summed E-state index contributed by atoms with van der Waals surface area (Å²) in [7, 11) is 0. The van der Waals surface area contributed by atoms with Crippen LogP contribution in [0.4, 0.5) is 0 Å². The molecule has 2 heterocycles. The number of fused-ring (bicyclic) bond motifs is 5. The van der Waals surface area contributed by atoms with Crippen LogP contribution in [0, 0.1) is 30.6 Å². The third-order valence-electron chi connectivity index (χ3n) is 5.63. The summed E-state index contributed by atoms with van der Waals surface area (Å²) >= 11 is 0. The second-order valence-corrected chi connectivity index (χ2v) is 6.67. The predicted octanol–water partition coefficient (Wildman–Crippen LogP) is 1.50. The number of rotatable bonds is 2. The van der Waals surface area contributed by atoms with Crippen molar-refractivity contribution in [2.24, 2.45) is 23.7 Å². The predicted molar refractivity (Wildman–Crippen MR) is 75.9 cm³/mol. The fraction of sp³-hybridized carbons (Fsp3) is 0.625. The van der Waals surface area contributed by atoms with Crippen LogP contribution in [0.3, 0.4) is 0 Å². The minimum absolute atomic E-state index is 0.0137. The number of nitrogens with one attached hydrogen (secondary N) is 1. The Labute approximate surface area is 123 Å². The van der Waals surface area contributed by atoms with E-state index in [1.54, 1.807) is 19.2 Å². The zero-order valence-corrected chi connectivity index (χ0v) is 12.1. The Bertz CT molecular complexity index is 589. The van der Waals surface area contributed by atoms with Crippen molar-refractivity contribution in [3.63, 3.8) is 0 Å². The first-order valence-corrected chi connectivity index (χ1v) is 7.68. The van der Waals surface area contributed by atoms with Crippen molar-refractivity contribution in [2.75, 3.05) is 13.2 Å². The minimum Gasteiger partial charge on any atom is -0.505 e. The monoisotopic (exact) mass is 288 g/mol. The highest BCUT2D eigenvalue weighted by Crippen LogP contribution is 2.54. The Hall–Kier alpha value is -1.62. The molecule has 3 aliphatic rings. The molecule has 5 nitrogen and oxygen atoms in total. The summed E-state index contributed by atoms with van der Waals surface area (Å²) in [4.78, 5) is 16.4. The Morgan fingerprint density at radius 2 is 2.14 bits per heavy atom. The van der Waals surface area contributed by atoms with Gasteiger partial charge in [-0.1, -0.05) is 0 Å². The van der Waals surface area contributed by atoms with E-state index in [4.69, 9.17) is 4.74 Å². The van der Waals surface area contributed by atoms with Crippen LogP contribution in [-0.4, -0.2) is 35.3 Å². The van der Waals surface area contributed by atoms with Crippen LogP contribution >= 0.6 is 0 Å². The maximum absolute atomic E-state index is 12.4. The lowest BCUT2D eigenvalue weighted by Crippen LogP contribution is -2.43. The largest absolute Gasteiger partial charge is 0.505 e. The number of aromatic nitrogens is 1. The zero-order valence-electron chi connectivity index (χ0n) is 12.1. The number of carbonyl (C=O) groups excluding carboxylic acids is 1. The number of hydrogen-bond donors (Lipinski definition) is 2. The van der Waals surface area contributed by atoms with Gasteiger partial charge in [0.05, 0.1) is 13.2 Å². The molecule has 0 aromatic carbocycles. The van der Waals surface area contributed by atoms with E-state index in [0.29, 0.717) is 29.2 Å². The van der Waals surface area contributed by atoms with Crippen molar-refractivity contribution in [3.8, 4) is 5.75 Å². The zero-order chi connectivity index (χ0) is 14.6. The van der Waals surface area contributed by atoms with Crippen LogP contribution in [0.15, 0.2) is 12.3 Å². The highest BCUT2D eigenvalue weighted by Gasteiger charge is 2.55. The van der Waals surface area contributed by atoms with Gasteiger partial charge in [0.25, 0.3) is 5.91 Å². The van der Waals surface area contributed by atoms with Gasteiger partial charge < -0.3 is 15.2 Å². The van der Waals surface area contributed by atoms with Gasteiger partial charge in [0.2, 0.25) is 0 Å². The molecule has 0 radical (unpaired) electrons. The molecule has 4 rings (SSSR count). The molecular weight excluding hydrogens is 268 g/mol. The number of pyridine rings is 1. The summed E-state index contributed by atoms with van der Waals surface area (Å²) in [5.74, 6) is 2.25. The molecule has 2 saturated carbocycles. The molecule has 3 fully saturated rings. The van der Waals surface area contributed by atoms with E-state index in [1.807, 2.05) is 0 Å². The van der Waals surface area contributed by atoms with Gasteiger partial charge in [-0.3, -0.25) is 4.79 Å². The molecule has 1 aromatic heterocycles. The molecule has 1 aromatic rings. The smallest absolute Gasteiger partial charge is 0.273 e. The summed E-state index contributed by atoms with van der Waals surface area (Å²) in [5.41, 5.74) is 0.810. The lowest BCUT2D eigenvalue weighted by atomic mass is 9.79. The van der Waals surface area contributed by atoms with Crippen LogP contribution in [-0.2, 0) is 4.74 Å². The molecule has 112 valence electrons. The molecule has 2 bridgehead atoms. The highest BCUT2D eigenvalue weighted by atomic mass is 16.5. The molecule has 5 heteroatoms. The van der Waals surface area contributed by atoms with E-state index in [9.17, 15) is 9.90 Å². The van der Waals surface area contributed by atoms with Gasteiger partial charge in [0, 0.05) is 12.2 Å². The summed E-state index contributed by atoms with van der Waals surface area (Å²) in [6.07, 6.45) is 3.80. The first-order valence-electron chi connectivity index (χ1n) is 7.68. The van der Waals surface area contributed by atoms with E-state index in [2.05, 4.69) is 10.3 Å². The molecule has 5 atom stereocenters. The average molecular weight is 288 g/mol. The standard InChI is InChI=1S/C16H20N2O3/c1-8-2-3-17-14(15(8)19)16(20)18-13-5-9-4-10(13)12-7-21-6-11(9)12/h2-3,9-13,19H,4-7H2,1H3,(H,18,20)/t9?,10?,11-,12+,13+/m0/s1. The van der Waals surface area contributed by atoms with Gasteiger partial charge in [0.1, 0.15) is 5.75 Å². The molecule has 21 heavy (non-hydrogen) atoms. The number of aryl methyl sites for hydroxylation is 1. The van der Waals surface area contributed by atoms with E-state index < -0.39 is 0 Å². The summed E-state index contributed by atoms with van der Waals surface area (Å²) in [6, 6.07) is 1.90. The van der Waals surface area contributed by atoms with E-state index in [0.717, 1.165) is 19.6 Å². The molecule has 1 amide bonds. The fourth-order valence-corrected chi connectivity index (χ4v) is 4.57. The number of ether oxygens (including phenoxy) is 1. The van der Waals surface area contributed by atoms with Gasteiger partial charge >= 0.3 is 0 Å². The second-order valence-electron chi connectivity index (χ2n) is 6.67. The lowest BCUT2D eigenvalue weighted by Gasteiger charge is -2.30. The molecule has 0 spiro atoms. The van der Waals surface area contributed by atoms with Gasteiger partial charge in [0.15, 0.2) is 5.69 Å². The normalized spacial score (nSPS) is 36.7. The topological polar surface area (TPSA) is 71.5 Å². The maximum Gasteiger partial charge on any atom is 0.273 e. The number of nitrogens with zero attached hydrogens (tertiary/aromatic N) is 1. The number of carbonyl (C=O) groups is 1. The quantitative estimate of drug-likeness (QED) is 0.865. The van der Waals surface area contributed by atoms with Crippen molar-refractivity contribution < 1.29 is 14.6 Å². The first kappa shape index (κ1) is 13.1. The molecule has 2 unspecified atom stereocenters. The van der Waals surface area contributed by atoms with Crippen LogP contribution in [0.2, 0.25) is 0 Å². The Kier molecular flexibility index (Phi) is 2.92. The van der Waals surface area contributed by atoms with Gasteiger partial charge in [-0.2, -0.15) is 0 Å². The van der Waals surface area contributed by atoms with Crippen LogP contribution in [0.5, 0.6) is 5.75 Å². The highest BCUT2D eigenvalue weighted by molar-refractivity contribution is 5.95. The number of hydrogen-bond acceptors (Lipinski definition) is 4. The summed E-state index contributed by atoms with van der Waals surface area (Å²) < 4.78 is 5.60. The van der Waals surface area contributed by atoms with E-state index in [1.165, 1.54) is 6.42 Å². The first-order chi connectivity index (χ1) is 10.1. The van der Waals surface area contributed by atoms with Crippen molar-refractivity contribution in [2.45, 2.75) is 25.8 Å². The molecule has 2 aliphatic carbocycles. The average Bonchev–Trinajstić information content (AvgIpc) is 3.13. The number of aromatic hydroxyl groups is 1. The Morgan fingerprint density at radius 1 is 1.33 bits per heavy atom. The summed E-state index contributed by atoms with van der Waals surface area (Å²) in [5, 5.41) is 13.1. The fourth-order valence-electron chi connectivity index (χ4n) is 4.57. The van der Waals surface area contributed by atoms with Crippen molar-refractivity contribution in [3.05, 3.63) is 23.5 Å². The van der Waals surface area contributed by atoms with E-state index >= 15 is 0 Å². The lowest BCUT2D eigenvalue weighted by molar-refractivity contribution is 0.0895. The van der Waals surface area contributed by atoms with Crippen LogP contribution in [0.25, 0.3) is 0 Å².